The number of halogens is 1. The second-order valence-corrected chi connectivity index (χ2v) is 4.91. The standard InChI is InChI=1S/C14H18ClNO/c15-8-11-16-9-6-13(7-10-16)14(17)12-4-2-1-3-5-12/h1-5,13H,6-11H2. The third-order valence-electron chi connectivity index (χ3n) is 3.42. The molecular weight excluding hydrogens is 234 g/mol. The molecule has 2 rings (SSSR count). The van der Waals surface area contributed by atoms with Crippen molar-refractivity contribution in [3.8, 4) is 0 Å². The zero-order valence-electron chi connectivity index (χ0n) is 9.94. The molecule has 1 aromatic carbocycles. The predicted molar refractivity (Wildman–Crippen MR) is 70.7 cm³/mol. The van der Waals surface area contributed by atoms with Crippen LogP contribution in [0.2, 0.25) is 0 Å². The van der Waals surface area contributed by atoms with Crippen LogP contribution in [0.3, 0.4) is 0 Å². The van der Waals surface area contributed by atoms with Crippen LogP contribution in [0.4, 0.5) is 0 Å². The van der Waals surface area contributed by atoms with E-state index in [0.29, 0.717) is 11.7 Å². The summed E-state index contributed by atoms with van der Waals surface area (Å²) in [5.41, 5.74) is 0.850. The lowest BCUT2D eigenvalue weighted by Gasteiger charge is -2.30. The van der Waals surface area contributed by atoms with Crippen molar-refractivity contribution in [3.63, 3.8) is 0 Å². The minimum atomic E-state index is 0.198. The highest BCUT2D eigenvalue weighted by molar-refractivity contribution is 6.18. The van der Waals surface area contributed by atoms with E-state index < -0.39 is 0 Å². The van der Waals surface area contributed by atoms with Crippen molar-refractivity contribution in [2.45, 2.75) is 12.8 Å². The van der Waals surface area contributed by atoms with Crippen LogP contribution in [0.25, 0.3) is 0 Å². The van der Waals surface area contributed by atoms with E-state index in [1.807, 2.05) is 30.3 Å². The molecule has 0 radical (unpaired) electrons. The van der Waals surface area contributed by atoms with Gasteiger partial charge in [-0.3, -0.25) is 4.79 Å². The molecule has 0 saturated carbocycles. The molecule has 1 aliphatic heterocycles. The van der Waals surface area contributed by atoms with E-state index >= 15 is 0 Å². The molecule has 0 unspecified atom stereocenters. The number of ketones is 1. The van der Waals surface area contributed by atoms with Crippen LogP contribution >= 0.6 is 11.6 Å². The van der Waals surface area contributed by atoms with Gasteiger partial charge in [0.05, 0.1) is 0 Å². The van der Waals surface area contributed by atoms with Gasteiger partial charge < -0.3 is 4.90 Å². The number of piperidine rings is 1. The van der Waals surface area contributed by atoms with Crippen molar-refractivity contribution in [2.24, 2.45) is 5.92 Å². The van der Waals surface area contributed by atoms with Crippen molar-refractivity contribution in [2.75, 3.05) is 25.5 Å². The van der Waals surface area contributed by atoms with Crippen LogP contribution in [0.1, 0.15) is 23.2 Å². The molecule has 92 valence electrons. The van der Waals surface area contributed by atoms with Gasteiger partial charge in [0.1, 0.15) is 0 Å². The Hall–Kier alpha value is -0.860. The fourth-order valence-corrected chi connectivity index (χ4v) is 2.62. The number of carbonyl (C=O) groups excluding carboxylic acids is 1. The van der Waals surface area contributed by atoms with E-state index in [9.17, 15) is 4.79 Å². The normalized spacial score (nSPS) is 18.2. The van der Waals surface area contributed by atoms with Gasteiger partial charge in [-0.1, -0.05) is 30.3 Å². The number of likely N-dealkylation sites (tertiary alicyclic amines) is 1. The number of hydrogen-bond acceptors (Lipinski definition) is 2. The average Bonchev–Trinajstić information content (AvgIpc) is 2.40. The third-order valence-corrected chi connectivity index (χ3v) is 3.59. The molecule has 0 spiro atoms. The van der Waals surface area contributed by atoms with Gasteiger partial charge >= 0.3 is 0 Å². The summed E-state index contributed by atoms with van der Waals surface area (Å²) in [4.78, 5) is 14.6. The first-order valence-corrected chi connectivity index (χ1v) is 6.72. The van der Waals surface area contributed by atoms with Gasteiger partial charge in [-0.15, -0.1) is 11.6 Å². The van der Waals surface area contributed by atoms with Crippen molar-refractivity contribution >= 4 is 17.4 Å². The Morgan fingerprint density at radius 2 is 1.88 bits per heavy atom. The highest BCUT2D eigenvalue weighted by Crippen LogP contribution is 2.21. The van der Waals surface area contributed by atoms with Crippen LogP contribution in [0.15, 0.2) is 30.3 Å². The van der Waals surface area contributed by atoms with E-state index in [2.05, 4.69) is 4.90 Å². The monoisotopic (exact) mass is 251 g/mol. The zero-order valence-corrected chi connectivity index (χ0v) is 10.7. The van der Waals surface area contributed by atoms with Crippen molar-refractivity contribution < 1.29 is 4.79 Å². The third kappa shape index (κ3) is 3.30. The minimum absolute atomic E-state index is 0.198. The summed E-state index contributed by atoms with van der Waals surface area (Å²) in [6.45, 7) is 2.93. The van der Waals surface area contributed by atoms with E-state index in [4.69, 9.17) is 11.6 Å². The van der Waals surface area contributed by atoms with Crippen LogP contribution < -0.4 is 0 Å². The summed E-state index contributed by atoms with van der Waals surface area (Å²) in [6.07, 6.45) is 1.93. The first-order chi connectivity index (χ1) is 8.31. The van der Waals surface area contributed by atoms with Crippen LogP contribution in [0.5, 0.6) is 0 Å². The molecule has 0 aromatic heterocycles. The second-order valence-electron chi connectivity index (χ2n) is 4.54. The molecule has 2 nitrogen and oxygen atoms in total. The SMILES string of the molecule is O=C(c1ccccc1)C1CCN(CCCl)CC1. The van der Waals surface area contributed by atoms with Gasteiger partial charge in [-0.05, 0) is 25.9 Å². The maximum atomic E-state index is 12.2. The number of benzene rings is 1. The maximum absolute atomic E-state index is 12.2. The first-order valence-electron chi connectivity index (χ1n) is 6.19. The average molecular weight is 252 g/mol. The molecule has 0 atom stereocenters. The summed E-state index contributed by atoms with van der Waals surface area (Å²) < 4.78 is 0. The summed E-state index contributed by atoms with van der Waals surface area (Å²) in [5.74, 6) is 1.18. The van der Waals surface area contributed by atoms with Crippen LogP contribution in [-0.2, 0) is 0 Å². The van der Waals surface area contributed by atoms with E-state index in [1.54, 1.807) is 0 Å². The van der Waals surface area contributed by atoms with E-state index in [-0.39, 0.29) is 5.92 Å². The smallest absolute Gasteiger partial charge is 0.166 e. The zero-order chi connectivity index (χ0) is 12.1. The first kappa shape index (κ1) is 12.6. The Kier molecular flexibility index (Phi) is 4.57. The second kappa shape index (κ2) is 6.18. The van der Waals surface area contributed by atoms with Gasteiger partial charge in [0.2, 0.25) is 0 Å². The van der Waals surface area contributed by atoms with Gasteiger partial charge in [-0.2, -0.15) is 0 Å². The number of Topliss-reactive ketones (excluding diaryl/α,β-unsaturated/α-hetero) is 1. The molecule has 1 saturated heterocycles. The number of alkyl halides is 1. The molecule has 1 heterocycles. The molecule has 0 amide bonds. The Labute approximate surface area is 108 Å². The number of hydrogen-bond donors (Lipinski definition) is 0. The summed E-state index contributed by atoms with van der Waals surface area (Å²) in [6, 6.07) is 9.62. The molecule has 1 aliphatic rings. The lowest BCUT2D eigenvalue weighted by Crippen LogP contribution is -2.37. The molecule has 3 heteroatoms. The molecule has 17 heavy (non-hydrogen) atoms. The van der Waals surface area contributed by atoms with Crippen molar-refractivity contribution in [1.29, 1.82) is 0 Å². The minimum Gasteiger partial charge on any atom is -0.302 e. The Balaban J connectivity index is 1.91. The van der Waals surface area contributed by atoms with Gasteiger partial charge in [0.25, 0.3) is 0 Å². The fourth-order valence-electron chi connectivity index (χ4n) is 2.38. The molecule has 1 aromatic rings. The lowest BCUT2D eigenvalue weighted by molar-refractivity contribution is 0.0845. The molecule has 0 bridgehead atoms. The molecular formula is C14H18ClNO. The highest BCUT2D eigenvalue weighted by atomic mass is 35.5. The van der Waals surface area contributed by atoms with Crippen molar-refractivity contribution in [3.05, 3.63) is 35.9 Å². The molecule has 0 N–H and O–H groups in total. The van der Waals surface area contributed by atoms with Crippen molar-refractivity contribution in [1.82, 2.24) is 4.90 Å². The quantitative estimate of drug-likeness (QED) is 0.606. The van der Waals surface area contributed by atoms with Gasteiger partial charge in [-0.25, -0.2) is 0 Å². The van der Waals surface area contributed by atoms with E-state index in [1.165, 1.54) is 0 Å². The summed E-state index contributed by atoms with van der Waals surface area (Å²) in [7, 11) is 0. The Morgan fingerprint density at radius 1 is 1.24 bits per heavy atom. The largest absolute Gasteiger partial charge is 0.302 e. The topological polar surface area (TPSA) is 20.3 Å². The predicted octanol–water partition coefficient (Wildman–Crippen LogP) is 2.82. The van der Waals surface area contributed by atoms with Gasteiger partial charge in [0, 0.05) is 23.9 Å². The summed E-state index contributed by atoms with van der Waals surface area (Å²) in [5, 5.41) is 0. The molecule has 1 fully saturated rings. The van der Waals surface area contributed by atoms with Crippen LogP contribution in [0, 0.1) is 5.92 Å². The number of rotatable bonds is 4. The highest BCUT2D eigenvalue weighted by Gasteiger charge is 2.25. The Bertz CT molecular complexity index is 358. The Morgan fingerprint density at radius 3 is 2.47 bits per heavy atom. The maximum Gasteiger partial charge on any atom is 0.166 e. The molecule has 0 aliphatic carbocycles. The lowest BCUT2D eigenvalue weighted by atomic mass is 9.89. The summed E-state index contributed by atoms with van der Waals surface area (Å²) >= 11 is 5.72. The van der Waals surface area contributed by atoms with Gasteiger partial charge in [0.15, 0.2) is 5.78 Å². The fraction of sp³-hybridized carbons (Fsp3) is 0.500. The van der Waals surface area contributed by atoms with E-state index in [0.717, 1.165) is 38.0 Å². The number of nitrogens with zero attached hydrogens (tertiary/aromatic N) is 1. The number of carbonyl (C=O) groups is 1. The van der Waals surface area contributed by atoms with Crippen LogP contribution in [-0.4, -0.2) is 36.2 Å².